The number of ether oxygens (including phenoxy) is 1. The molecule has 11 heteroatoms. The average molecular weight is 404 g/mol. The molecule has 1 heterocycles. The van der Waals surface area contributed by atoms with Crippen molar-refractivity contribution in [3.8, 4) is 0 Å². The van der Waals surface area contributed by atoms with Gasteiger partial charge >= 0.3 is 12.0 Å². The van der Waals surface area contributed by atoms with Crippen LogP contribution in [-0.4, -0.2) is 65.2 Å². The van der Waals surface area contributed by atoms with E-state index >= 15 is 0 Å². The molecular formula is C16H24N2O8S. The number of aliphatic hydroxyl groups is 1. The van der Waals surface area contributed by atoms with Crippen molar-refractivity contribution < 1.29 is 32.8 Å². The number of rotatable bonds is 5. The summed E-state index contributed by atoms with van der Waals surface area (Å²) < 4.78 is 30.8. The smallest absolute Gasteiger partial charge is 0.385 e. The zero-order valence-corrected chi connectivity index (χ0v) is 16.3. The first-order valence-corrected chi connectivity index (χ1v) is 10.6. The molecule has 1 saturated heterocycles. The van der Waals surface area contributed by atoms with Crippen molar-refractivity contribution >= 4 is 21.9 Å². The van der Waals surface area contributed by atoms with Gasteiger partial charge in [0.25, 0.3) is 5.91 Å². The molecule has 1 amide bonds. The van der Waals surface area contributed by atoms with E-state index in [0.717, 1.165) is 6.42 Å². The number of hydrogen-bond donors (Lipinski definition) is 1. The first kappa shape index (κ1) is 20.0. The lowest BCUT2D eigenvalue weighted by Crippen LogP contribution is -2.54. The summed E-state index contributed by atoms with van der Waals surface area (Å²) in [7, 11) is -4.05. The molecule has 0 aromatic carbocycles. The van der Waals surface area contributed by atoms with Crippen molar-refractivity contribution in [2.75, 3.05) is 12.4 Å². The van der Waals surface area contributed by atoms with Crippen molar-refractivity contribution in [3.05, 3.63) is 10.1 Å². The molecule has 0 radical (unpaired) electrons. The summed E-state index contributed by atoms with van der Waals surface area (Å²) in [6, 6.07) is -3.01. The van der Waals surface area contributed by atoms with Gasteiger partial charge in [-0.15, -0.1) is 0 Å². The van der Waals surface area contributed by atoms with Crippen LogP contribution in [0.15, 0.2) is 0 Å². The molecule has 5 atom stereocenters. The molecule has 3 rings (SSSR count). The molecule has 2 aliphatic carbocycles. The fourth-order valence-corrected chi connectivity index (χ4v) is 7.96. The monoisotopic (exact) mass is 404 g/mol. The molecule has 2 unspecified atom stereocenters. The lowest BCUT2D eigenvalue weighted by atomic mass is 9.69. The highest BCUT2D eigenvalue weighted by Crippen LogP contribution is 2.70. The lowest BCUT2D eigenvalue weighted by Gasteiger charge is -2.37. The van der Waals surface area contributed by atoms with Crippen molar-refractivity contribution in [1.29, 1.82) is 0 Å². The highest BCUT2D eigenvalue weighted by atomic mass is 32.2. The van der Waals surface area contributed by atoms with E-state index in [4.69, 9.17) is 0 Å². The Bertz CT molecular complexity index is 794. The number of carbonyl (C=O) groups excluding carboxylic acids is 2. The summed E-state index contributed by atoms with van der Waals surface area (Å²) >= 11 is 0. The van der Waals surface area contributed by atoms with E-state index in [-0.39, 0.29) is 23.7 Å². The van der Waals surface area contributed by atoms with Crippen molar-refractivity contribution in [2.24, 2.45) is 16.7 Å². The van der Waals surface area contributed by atoms with Crippen LogP contribution >= 0.6 is 0 Å². The van der Waals surface area contributed by atoms with Gasteiger partial charge in [0.1, 0.15) is 0 Å². The first-order chi connectivity index (χ1) is 12.4. The van der Waals surface area contributed by atoms with Crippen LogP contribution in [0.1, 0.15) is 40.0 Å². The Kier molecular flexibility index (Phi) is 4.54. The highest BCUT2D eigenvalue weighted by Gasteiger charge is 2.73. The van der Waals surface area contributed by atoms with E-state index in [1.54, 1.807) is 0 Å². The van der Waals surface area contributed by atoms with Gasteiger partial charge in [-0.25, -0.2) is 17.5 Å². The van der Waals surface area contributed by atoms with Gasteiger partial charge in [-0.05, 0) is 37.5 Å². The van der Waals surface area contributed by atoms with Crippen LogP contribution in [0.25, 0.3) is 0 Å². The maximum absolute atomic E-state index is 12.8. The molecular weight excluding hydrogens is 380 g/mol. The maximum Gasteiger partial charge on any atom is 0.385 e. The van der Waals surface area contributed by atoms with Crippen molar-refractivity contribution in [3.63, 3.8) is 0 Å². The second-order valence-corrected chi connectivity index (χ2v) is 10.0. The number of esters is 1. The fourth-order valence-electron chi connectivity index (χ4n) is 5.40. The molecule has 10 nitrogen and oxygen atoms in total. The van der Waals surface area contributed by atoms with Crippen LogP contribution in [0.4, 0.5) is 0 Å². The van der Waals surface area contributed by atoms with Crippen LogP contribution < -0.4 is 0 Å². The Morgan fingerprint density at radius 3 is 2.56 bits per heavy atom. The number of nitrogens with zero attached hydrogens (tertiary/aromatic N) is 2. The normalized spacial score (nSPS) is 34.7. The van der Waals surface area contributed by atoms with E-state index in [0.29, 0.717) is 17.1 Å². The molecule has 1 aliphatic heterocycles. The molecule has 3 fully saturated rings. The number of nitro groups is 1. The Morgan fingerprint density at radius 2 is 2.04 bits per heavy atom. The van der Waals surface area contributed by atoms with Gasteiger partial charge in [0, 0.05) is 10.3 Å². The Morgan fingerprint density at radius 1 is 1.41 bits per heavy atom. The molecule has 152 valence electrons. The predicted octanol–water partition coefficient (Wildman–Crippen LogP) is -0.0774. The SMILES string of the molecule is CCOC(=O)[C@H]([C@H](O)C(=O)N1[C@@H]2CC3CCC2(CS1(=O)=O)C3(C)C)[N+](=O)[O-]. The quantitative estimate of drug-likeness (QED) is 0.381. The zero-order chi connectivity index (χ0) is 20.4. The molecule has 2 saturated carbocycles. The largest absolute Gasteiger partial charge is 0.461 e. The summed E-state index contributed by atoms with van der Waals surface area (Å²) in [5, 5.41) is 21.5. The molecule has 0 aromatic rings. The number of aliphatic hydroxyl groups excluding tert-OH is 1. The molecule has 1 spiro atoms. The summed E-state index contributed by atoms with van der Waals surface area (Å²) in [6.07, 6.45) is -0.450. The minimum atomic E-state index is -4.05. The average Bonchev–Trinajstić information content (AvgIpc) is 3.01. The van der Waals surface area contributed by atoms with E-state index in [9.17, 15) is 33.2 Å². The number of amides is 1. The van der Waals surface area contributed by atoms with Crippen LogP contribution in [-0.2, 0) is 24.3 Å². The van der Waals surface area contributed by atoms with Gasteiger partial charge in [-0.1, -0.05) is 13.8 Å². The summed E-state index contributed by atoms with van der Waals surface area (Å²) in [5.74, 6) is -2.69. The number of carbonyl (C=O) groups is 2. The van der Waals surface area contributed by atoms with E-state index in [2.05, 4.69) is 4.74 Å². The molecule has 1 N–H and O–H groups in total. The minimum Gasteiger partial charge on any atom is -0.461 e. The van der Waals surface area contributed by atoms with Gasteiger partial charge in [0.2, 0.25) is 16.1 Å². The zero-order valence-electron chi connectivity index (χ0n) is 15.5. The third kappa shape index (κ3) is 2.58. The van der Waals surface area contributed by atoms with Crippen molar-refractivity contribution in [2.45, 2.75) is 58.2 Å². The van der Waals surface area contributed by atoms with Crippen LogP contribution in [0, 0.1) is 26.9 Å². The molecule has 27 heavy (non-hydrogen) atoms. The lowest BCUT2D eigenvalue weighted by molar-refractivity contribution is -0.519. The Labute approximate surface area is 157 Å². The standard InChI is InChI=1S/C16H24N2O8S/c1-4-26-14(21)11(18(22)23)12(19)13(20)17-10-7-9-5-6-16(10,15(9,2)3)8-27(17,24)25/h9-12,19H,4-8H2,1-3H3/t9?,10-,11+,12+,16?/m1/s1. The Hall–Kier alpha value is -1.75. The van der Waals surface area contributed by atoms with Gasteiger partial charge < -0.3 is 9.84 Å². The van der Waals surface area contributed by atoms with Gasteiger partial charge in [-0.2, -0.15) is 0 Å². The second-order valence-electron chi connectivity index (χ2n) is 8.18. The summed E-state index contributed by atoms with van der Waals surface area (Å²) in [6.45, 7) is 5.23. The Balaban J connectivity index is 1.95. The number of fused-ring (bicyclic) bond motifs is 1. The molecule has 0 aromatic heterocycles. The number of hydrogen-bond acceptors (Lipinski definition) is 8. The fraction of sp³-hybridized carbons (Fsp3) is 0.875. The van der Waals surface area contributed by atoms with Crippen LogP contribution in [0.3, 0.4) is 0 Å². The molecule has 2 bridgehead atoms. The van der Waals surface area contributed by atoms with Gasteiger partial charge in [0.05, 0.1) is 18.4 Å². The van der Waals surface area contributed by atoms with E-state index in [1.807, 2.05) is 13.8 Å². The summed E-state index contributed by atoms with van der Waals surface area (Å²) in [4.78, 5) is 34.7. The van der Waals surface area contributed by atoms with Crippen molar-refractivity contribution in [1.82, 2.24) is 4.31 Å². The topological polar surface area (TPSA) is 144 Å². The second kappa shape index (κ2) is 6.13. The molecule has 3 aliphatic rings. The van der Waals surface area contributed by atoms with Gasteiger partial charge in [-0.3, -0.25) is 14.9 Å². The highest BCUT2D eigenvalue weighted by molar-refractivity contribution is 7.90. The first-order valence-electron chi connectivity index (χ1n) is 8.95. The minimum absolute atomic E-state index is 0.173. The predicted molar refractivity (Wildman–Crippen MR) is 91.4 cm³/mol. The van der Waals surface area contributed by atoms with E-state index < -0.39 is 50.4 Å². The summed E-state index contributed by atoms with van der Waals surface area (Å²) in [5.41, 5.74) is -0.922. The van der Waals surface area contributed by atoms with E-state index in [1.165, 1.54) is 6.92 Å². The third-order valence-corrected chi connectivity index (χ3v) is 8.85. The third-order valence-electron chi connectivity index (χ3n) is 6.94. The number of sulfonamides is 1. The van der Waals surface area contributed by atoms with Gasteiger partial charge in [0.15, 0.2) is 0 Å². The van der Waals surface area contributed by atoms with Crippen LogP contribution in [0.2, 0.25) is 0 Å². The maximum atomic E-state index is 12.8. The van der Waals surface area contributed by atoms with Crippen LogP contribution in [0.5, 0.6) is 0 Å².